The van der Waals surface area contributed by atoms with Crippen molar-refractivity contribution in [2.75, 3.05) is 20.1 Å². The van der Waals surface area contributed by atoms with Crippen molar-refractivity contribution in [2.24, 2.45) is 4.99 Å². The number of rotatable bonds is 2. The van der Waals surface area contributed by atoms with Crippen LogP contribution in [0.3, 0.4) is 0 Å². The average Bonchev–Trinajstić information content (AvgIpc) is 3.01. The van der Waals surface area contributed by atoms with Gasteiger partial charge in [0.2, 0.25) is 0 Å². The molecule has 1 aliphatic heterocycles. The molecule has 0 atom stereocenters. The van der Waals surface area contributed by atoms with Gasteiger partial charge < -0.3 is 10.2 Å². The normalized spacial score (nSPS) is 14.9. The molecule has 0 aliphatic carbocycles. The first kappa shape index (κ1) is 16.8. The number of alkyl halides is 3. The van der Waals surface area contributed by atoms with Crippen LogP contribution in [0, 0.1) is 0 Å². The smallest absolute Gasteiger partial charge is 0.349 e. The van der Waals surface area contributed by atoms with Gasteiger partial charge in [-0.05, 0) is 12.1 Å². The number of nitrogens with zero attached hydrogens (tertiary/aromatic N) is 5. The fourth-order valence-electron chi connectivity index (χ4n) is 2.11. The summed E-state index contributed by atoms with van der Waals surface area (Å²) < 4.78 is 39.6. The van der Waals surface area contributed by atoms with Crippen LogP contribution in [-0.4, -0.2) is 45.6 Å². The molecule has 0 bridgehead atoms. The minimum atomic E-state index is -4.39. The molecule has 22 heavy (non-hydrogen) atoms. The monoisotopic (exact) mass is 426 g/mol. The Morgan fingerprint density at radius 1 is 1.27 bits per heavy atom. The number of hydrogen-bond donors (Lipinski definition) is 1. The number of aromatic nitrogens is 3. The number of fused-ring (bicyclic) bond motifs is 1. The van der Waals surface area contributed by atoms with Crippen molar-refractivity contribution < 1.29 is 13.2 Å². The van der Waals surface area contributed by atoms with Gasteiger partial charge in [0.05, 0.1) is 18.7 Å². The van der Waals surface area contributed by atoms with Gasteiger partial charge in [0.1, 0.15) is 0 Å². The molecule has 0 spiro atoms. The van der Waals surface area contributed by atoms with Crippen molar-refractivity contribution in [3.05, 3.63) is 29.7 Å². The third kappa shape index (κ3) is 3.25. The number of likely N-dealkylation sites (N-methyl/N-ethyl adjacent to an activating group) is 1. The summed E-state index contributed by atoms with van der Waals surface area (Å²) in [5.41, 5.74) is -0.354. The Balaban J connectivity index is 0.00000176. The van der Waals surface area contributed by atoms with Crippen LogP contribution >= 0.6 is 24.0 Å². The molecule has 2 aromatic rings. The van der Waals surface area contributed by atoms with E-state index in [1.54, 1.807) is 0 Å². The summed E-state index contributed by atoms with van der Waals surface area (Å²) in [7, 11) is 1.89. The van der Waals surface area contributed by atoms with Gasteiger partial charge in [-0.15, -0.1) is 34.2 Å². The van der Waals surface area contributed by atoms with E-state index in [0.29, 0.717) is 24.0 Å². The molecule has 0 amide bonds. The number of halogens is 4. The molecule has 0 saturated heterocycles. The second-order valence-electron chi connectivity index (χ2n) is 4.74. The van der Waals surface area contributed by atoms with Crippen LogP contribution in [0.25, 0.3) is 5.65 Å². The molecule has 0 radical (unpaired) electrons. The molecule has 0 saturated carbocycles. The fourth-order valence-corrected chi connectivity index (χ4v) is 2.11. The Morgan fingerprint density at radius 2 is 2.05 bits per heavy atom. The average molecular weight is 426 g/mol. The lowest BCUT2D eigenvalue weighted by atomic mass is 10.3. The summed E-state index contributed by atoms with van der Waals surface area (Å²) in [5, 5.41) is 10.8. The second kappa shape index (κ2) is 6.26. The lowest BCUT2D eigenvalue weighted by Gasteiger charge is -2.14. The van der Waals surface area contributed by atoms with E-state index in [2.05, 4.69) is 20.5 Å². The predicted octanol–water partition coefficient (Wildman–Crippen LogP) is 1.76. The summed E-state index contributed by atoms with van der Waals surface area (Å²) >= 11 is 0. The second-order valence-corrected chi connectivity index (χ2v) is 4.74. The van der Waals surface area contributed by atoms with Crippen LogP contribution in [0.4, 0.5) is 13.2 Å². The van der Waals surface area contributed by atoms with Gasteiger partial charge in [-0.2, -0.15) is 13.2 Å². The first-order valence-corrected chi connectivity index (χ1v) is 6.35. The maximum absolute atomic E-state index is 12.7. The molecule has 3 heterocycles. The Hall–Kier alpha value is -1.59. The lowest BCUT2D eigenvalue weighted by Crippen LogP contribution is -2.35. The van der Waals surface area contributed by atoms with E-state index < -0.39 is 11.7 Å². The summed E-state index contributed by atoms with van der Waals surface area (Å²) in [6, 6.07) is 2.30. The standard InChI is InChI=1S/C12H13F3N6.HI/c1-20-5-4-16-11(20)17-6-10-19-18-9-3-2-8(7-21(9)10)12(13,14)15;/h2-3,7H,4-6H2,1H3,(H,16,17);1H. The highest BCUT2D eigenvalue weighted by atomic mass is 127. The van der Waals surface area contributed by atoms with Gasteiger partial charge in [-0.25, -0.2) is 0 Å². The highest BCUT2D eigenvalue weighted by molar-refractivity contribution is 14.0. The van der Waals surface area contributed by atoms with E-state index in [9.17, 15) is 13.2 Å². The molecule has 0 unspecified atom stereocenters. The van der Waals surface area contributed by atoms with Crippen molar-refractivity contribution in [3.63, 3.8) is 0 Å². The quantitative estimate of drug-likeness (QED) is 0.744. The topological polar surface area (TPSA) is 57.8 Å². The van der Waals surface area contributed by atoms with Gasteiger partial charge in [0.15, 0.2) is 17.4 Å². The van der Waals surface area contributed by atoms with Crippen molar-refractivity contribution in [1.29, 1.82) is 0 Å². The molecule has 3 rings (SSSR count). The van der Waals surface area contributed by atoms with E-state index in [-0.39, 0.29) is 30.5 Å². The zero-order valence-electron chi connectivity index (χ0n) is 11.6. The SMILES string of the molecule is CN1CCN=C1NCc1nnc2ccc(C(F)(F)F)cn12.I. The van der Waals surface area contributed by atoms with Gasteiger partial charge in [0.25, 0.3) is 0 Å². The molecule has 10 heteroatoms. The Kier molecular flexibility index (Phi) is 4.78. The number of hydrogen-bond acceptors (Lipinski definition) is 5. The zero-order chi connectivity index (χ0) is 15.0. The van der Waals surface area contributed by atoms with Crippen molar-refractivity contribution in [2.45, 2.75) is 12.7 Å². The Morgan fingerprint density at radius 3 is 2.68 bits per heavy atom. The van der Waals surface area contributed by atoms with E-state index in [4.69, 9.17) is 0 Å². The van der Waals surface area contributed by atoms with Crippen LogP contribution in [0.2, 0.25) is 0 Å². The van der Waals surface area contributed by atoms with E-state index in [1.165, 1.54) is 10.5 Å². The maximum Gasteiger partial charge on any atom is 0.417 e. The Labute approximate surface area is 141 Å². The summed E-state index contributed by atoms with van der Waals surface area (Å²) in [5.74, 6) is 1.11. The fraction of sp³-hybridized carbons (Fsp3) is 0.417. The van der Waals surface area contributed by atoms with Crippen LogP contribution in [0.5, 0.6) is 0 Å². The molecule has 2 aromatic heterocycles. The first-order chi connectivity index (χ1) is 9.95. The number of aliphatic imine (C=N–C) groups is 1. The van der Waals surface area contributed by atoms with Gasteiger partial charge in [-0.1, -0.05) is 0 Å². The third-order valence-corrected chi connectivity index (χ3v) is 3.26. The lowest BCUT2D eigenvalue weighted by molar-refractivity contribution is -0.137. The molecule has 0 fully saturated rings. The third-order valence-electron chi connectivity index (χ3n) is 3.26. The number of guanidine groups is 1. The molecule has 120 valence electrons. The summed E-state index contributed by atoms with van der Waals surface area (Å²) in [4.78, 5) is 6.18. The van der Waals surface area contributed by atoms with E-state index in [0.717, 1.165) is 18.8 Å². The predicted molar refractivity (Wildman–Crippen MR) is 85.2 cm³/mol. The van der Waals surface area contributed by atoms with Crippen LogP contribution < -0.4 is 5.32 Å². The molecular formula is C12H14F3IN6. The molecular weight excluding hydrogens is 412 g/mol. The largest absolute Gasteiger partial charge is 0.417 e. The van der Waals surface area contributed by atoms with Crippen LogP contribution in [0.15, 0.2) is 23.3 Å². The highest BCUT2D eigenvalue weighted by Gasteiger charge is 2.31. The number of nitrogens with one attached hydrogen (secondary N) is 1. The molecule has 1 N–H and O–H groups in total. The summed E-state index contributed by atoms with van der Waals surface area (Å²) in [6.07, 6.45) is -3.38. The van der Waals surface area contributed by atoms with Crippen LogP contribution in [0.1, 0.15) is 11.4 Å². The van der Waals surface area contributed by atoms with Gasteiger partial charge >= 0.3 is 6.18 Å². The summed E-state index contributed by atoms with van der Waals surface area (Å²) in [6.45, 7) is 1.78. The molecule has 6 nitrogen and oxygen atoms in total. The van der Waals surface area contributed by atoms with E-state index >= 15 is 0 Å². The van der Waals surface area contributed by atoms with Crippen molar-refractivity contribution in [1.82, 2.24) is 24.8 Å². The maximum atomic E-state index is 12.7. The van der Waals surface area contributed by atoms with Gasteiger partial charge in [-0.3, -0.25) is 9.39 Å². The van der Waals surface area contributed by atoms with Gasteiger partial charge in [0, 0.05) is 19.8 Å². The minimum Gasteiger partial charge on any atom is -0.349 e. The van der Waals surface area contributed by atoms with Crippen molar-refractivity contribution >= 4 is 35.6 Å². The Bertz CT molecular complexity index is 696. The highest BCUT2D eigenvalue weighted by Crippen LogP contribution is 2.29. The first-order valence-electron chi connectivity index (χ1n) is 6.35. The number of pyridine rings is 1. The molecule has 0 aromatic carbocycles. The minimum absolute atomic E-state index is 0. The molecule has 1 aliphatic rings. The van der Waals surface area contributed by atoms with Crippen LogP contribution in [-0.2, 0) is 12.7 Å². The van der Waals surface area contributed by atoms with E-state index in [1.807, 2.05) is 11.9 Å². The zero-order valence-corrected chi connectivity index (χ0v) is 14.0. The van der Waals surface area contributed by atoms with Crippen molar-refractivity contribution in [3.8, 4) is 0 Å².